The summed E-state index contributed by atoms with van der Waals surface area (Å²) in [7, 11) is 1.32. The number of amides is 1. The van der Waals surface area contributed by atoms with Gasteiger partial charge >= 0.3 is 5.97 Å². The smallest absolute Gasteiger partial charge is 0.340 e. The molecule has 0 saturated heterocycles. The second-order valence-corrected chi connectivity index (χ2v) is 5.79. The van der Waals surface area contributed by atoms with Crippen molar-refractivity contribution in [1.82, 2.24) is 0 Å². The van der Waals surface area contributed by atoms with Crippen LogP contribution in [0, 0.1) is 0 Å². The van der Waals surface area contributed by atoms with Crippen LogP contribution >= 0.6 is 11.3 Å². The van der Waals surface area contributed by atoms with Gasteiger partial charge < -0.3 is 14.8 Å². The highest BCUT2D eigenvalue weighted by atomic mass is 32.1. The van der Waals surface area contributed by atoms with Crippen molar-refractivity contribution in [2.75, 3.05) is 19.0 Å². The van der Waals surface area contributed by atoms with Gasteiger partial charge in [0.05, 0.1) is 25.2 Å². The number of methoxy groups -OCH3 is 1. The fourth-order valence-electron chi connectivity index (χ4n) is 2.49. The van der Waals surface area contributed by atoms with Crippen LogP contribution in [0.4, 0.5) is 5.00 Å². The van der Waals surface area contributed by atoms with Crippen LogP contribution in [-0.4, -0.2) is 25.6 Å². The first-order valence-electron chi connectivity index (χ1n) is 6.89. The topological polar surface area (TPSA) is 64.6 Å². The van der Waals surface area contributed by atoms with Crippen molar-refractivity contribution in [2.45, 2.75) is 12.3 Å². The van der Waals surface area contributed by atoms with Crippen LogP contribution in [0.5, 0.6) is 5.75 Å². The molecular weight excluding hydrogens is 302 g/mol. The summed E-state index contributed by atoms with van der Waals surface area (Å²) in [6, 6.07) is 9.17. The van der Waals surface area contributed by atoms with Crippen molar-refractivity contribution in [1.29, 1.82) is 0 Å². The summed E-state index contributed by atoms with van der Waals surface area (Å²) in [5.41, 5.74) is 1.25. The Labute approximate surface area is 131 Å². The summed E-state index contributed by atoms with van der Waals surface area (Å²) in [6.07, 6.45) is 0.613. The predicted molar refractivity (Wildman–Crippen MR) is 83.6 cm³/mol. The Kier molecular flexibility index (Phi) is 4.11. The average molecular weight is 317 g/mol. The lowest BCUT2D eigenvalue weighted by molar-refractivity contribution is -0.118. The Morgan fingerprint density at radius 2 is 2.14 bits per heavy atom. The van der Waals surface area contributed by atoms with E-state index in [2.05, 4.69) is 5.32 Å². The number of carbonyl (C=O) groups is 2. The van der Waals surface area contributed by atoms with Gasteiger partial charge in [0.1, 0.15) is 10.8 Å². The summed E-state index contributed by atoms with van der Waals surface area (Å²) in [5, 5.41) is 5.10. The van der Waals surface area contributed by atoms with E-state index in [1.807, 2.05) is 24.3 Å². The third-order valence-electron chi connectivity index (χ3n) is 3.58. The van der Waals surface area contributed by atoms with Gasteiger partial charge in [0, 0.05) is 5.56 Å². The van der Waals surface area contributed by atoms with Gasteiger partial charge in [-0.05, 0) is 23.9 Å². The van der Waals surface area contributed by atoms with Crippen molar-refractivity contribution >= 4 is 28.2 Å². The number of rotatable bonds is 3. The molecule has 0 spiro atoms. The second kappa shape index (κ2) is 6.19. The van der Waals surface area contributed by atoms with E-state index < -0.39 is 5.97 Å². The molecule has 0 aliphatic carbocycles. The summed E-state index contributed by atoms with van der Waals surface area (Å²) < 4.78 is 10.3. The number of benzene rings is 1. The highest BCUT2D eigenvalue weighted by Crippen LogP contribution is 2.35. The maximum atomic E-state index is 12.6. The first-order valence-corrected chi connectivity index (χ1v) is 7.77. The molecule has 3 rings (SSSR count). The lowest BCUT2D eigenvalue weighted by Gasteiger charge is -2.24. The van der Waals surface area contributed by atoms with Gasteiger partial charge in [-0.3, -0.25) is 4.79 Å². The lowest BCUT2D eigenvalue weighted by Crippen LogP contribution is -2.26. The summed E-state index contributed by atoms with van der Waals surface area (Å²) in [4.78, 5) is 24.2. The highest BCUT2D eigenvalue weighted by Gasteiger charge is 2.28. The number of esters is 1. The van der Waals surface area contributed by atoms with Crippen molar-refractivity contribution in [2.24, 2.45) is 0 Å². The lowest BCUT2D eigenvalue weighted by atomic mass is 9.92. The molecule has 2 heterocycles. The minimum absolute atomic E-state index is 0.136. The number of hydrogen-bond acceptors (Lipinski definition) is 5. The molecule has 1 aliphatic rings. The quantitative estimate of drug-likeness (QED) is 0.884. The van der Waals surface area contributed by atoms with E-state index in [0.29, 0.717) is 23.6 Å². The number of hydrogen-bond donors (Lipinski definition) is 1. The monoisotopic (exact) mass is 317 g/mol. The van der Waals surface area contributed by atoms with Gasteiger partial charge in [-0.2, -0.15) is 0 Å². The van der Waals surface area contributed by atoms with E-state index in [4.69, 9.17) is 9.47 Å². The van der Waals surface area contributed by atoms with E-state index in [9.17, 15) is 9.59 Å². The molecule has 1 aromatic heterocycles. The van der Waals surface area contributed by atoms with E-state index in [-0.39, 0.29) is 11.8 Å². The molecule has 114 valence electrons. The van der Waals surface area contributed by atoms with Crippen LogP contribution in [-0.2, 0) is 9.53 Å². The normalized spacial score (nSPS) is 16.3. The fourth-order valence-corrected chi connectivity index (χ4v) is 3.27. The van der Waals surface area contributed by atoms with Crippen molar-refractivity contribution in [3.8, 4) is 5.75 Å². The Balaban J connectivity index is 1.82. The number of nitrogens with one attached hydrogen (secondary N) is 1. The SMILES string of the molecule is COC(=O)c1ccsc1NC(=O)[C@@H]1CCOc2ccccc21. The van der Waals surface area contributed by atoms with E-state index in [1.165, 1.54) is 18.4 Å². The zero-order valence-corrected chi connectivity index (χ0v) is 12.8. The number of fused-ring (bicyclic) bond motifs is 1. The van der Waals surface area contributed by atoms with Crippen molar-refractivity contribution in [3.05, 3.63) is 46.8 Å². The molecule has 6 heteroatoms. The van der Waals surface area contributed by atoms with Gasteiger partial charge in [0.25, 0.3) is 0 Å². The molecule has 1 N–H and O–H groups in total. The largest absolute Gasteiger partial charge is 0.493 e. The number of thiophene rings is 1. The third-order valence-corrected chi connectivity index (χ3v) is 4.41. The van der Waals surface area contributed by atoms with Gasteiger partial charge in [0.2, 0.25) is 5.91 Å². The Morgan fingerprint density at radius 3 is 2.95 bits per heavy atom. The standard InChI is InChI=1S/C16H15NO4S/c1-20-16(19)12-7-9-22-15(12)17-14(18)11-6-8-21-13-5-3-2-4-10(11)13/h2-5,7,9,11H,6,8H2,1H3,(H,17,18)/t11-/m1/s1. The zero-order chi connectivity index (χ0) is 15.5. The Hall–Kier alpha value is -2.34. The summed E-state index contributed by atoms with van der Waals surface area (Å²) >= 11 is 1.30. The molecule has 1 amide bonds. The molecule has 0 radical (unpaired) electrons. The van der Waals surface area contributed by atoms with Crippen LogP contribution in [0.3, 0.4) is 0 Å². The molecule has 0 unspecified atom stereocenters. The van der Waals surface area contributed by atoms with Gasteiger partial charge in [-0.15, -0.1) is 11.3 Å². The van der Waals surface area contributed by atoms with Crippen molar-refractivity contribution in [3.63, 3.8) is 0 Å². The molecule has 0 bridgehead atoms. The highest BCUT2D eigenvalue weighted by molar-refractivity contribution is 7.14. The molecule has 2 aromatic rings. The molecule has 0 fully saturated rings. The maximum absolute atomic E-state index is 12.6. The summed E-state index contributed by atoms with van der Waals surface area (Å²) in [6.45, 7) is 0.503. The first-order chi connectivity index (χ1) is 10.7. The summed E-state index contributed by atoms with van der Waals surface area (Å²) in [5.74, 6) is -0.127. The Morgan fingerprint density at radius 1 is 1.32 bits per heavy atom. The molecule has 1 aliphatic heterocycles. The van der Waals surface area contributed by atoms with Crippen LogP contribution < -0.4 is 10.1 Å². The maximum Gasteiger partial charge on any atom is 0.340 e. The van der Waals surface area contributed by atoms with Gasteiger partial charge in [0.15, 0.2) is 0 Å². The van der Waals surface area contributed by atoms with E-state index in [1.54, 1.807) is 11.4 Å². The van der Waals surface area contributed by atoms with Crippen molar-refractivity contribution < 1.29 is 19.1 Å². The van der Waals surface area contributed by atoms with Gasteiger partial charge in [-0.1, -0.05) is 18.2 Å². The zero-order valence-electron chi connectivity index (χ0n) is 12.0. The van der Waals surface area contributed by atoms with Crippen LogP contribution in [0.1, 0.15) is 28.3 Å². The van der Waals surface area contributed by atoms with Crippen LogP contribution in [0.25, 0.3) is 0 Å². The number of ether oxygens (including phenoxy) is 2. The Bertz CT molecular complexity index is 710. The fraction of sp³-hybridized carbons (Fsp3) is 0.250. The molecule has 5 nitrogen and oxygen atoms in total. The average Bonchev–Trinajstić information content (AvgIpc) is 3.01. The number of para-hydroxylation sites is 1. The first kappa shape index (κ1) is 14.6. The minimum atomic E-state index is -0.455. The van der Waals surface area contributed by atoms with Crippen LogP contribution in [0.2, 0.25) is 0 Å². The molecule has 0 saturated carbocycles. The number of anilines is 1. The molecule has 1 atom stereocenters. The second-order valence-electron chi connectivity index (χ2n) is 4.87. The minimum Gasteiger partial charge on any atom is -0.493 e. The van der Waals surface area contributed by atoms with Crippen LogP contribution in [0.15, 0.2) is 35.7 Å². The number of carbonyl (C=O) groups excluding carboxylic acids is 2. The molecule has 1 aromatic carbocycles. The van der Waals surface area contributed by atoms with Gasteiger partial charge in [-0.25, -0.2) is 4.79 Å². The predicted octanol–water partition coefficient (Wildman–Crippen LogP) is 3.04. The molecule has 22 heavy (non-hydrogen) atoms. The molecular formula is C16H15NO4S. The van der Waals surface area contributed by atoms with E-state index >= 15 is 0 Å². The van der Waals surface area contributed by atoms with E-state index in [0.717, 1.165) is 11.3 Å². The third kappa shape index (κ3) is 2.69.